The fourth-order valence-electron chi connectivity index (χ4n) is 2.18. The monoisotopic (exact) mass is 304 g/mol. The lowest BCUT2D eigenvalue weighted by Crippen LogP contribution is -2.73. The van der Waals surface area contributed by atoms with Gasteiger partial charge >= 0.3 is 11.9 Å². The second-order valence-electron chi connectivity index (χ2n) is 5.68. The van der Waals surface area contributed by atoms with E-state index < -0.39 is 23.0 Å². The minimum absolute atomic E-state index is 0.0364. The van der Waals surface area contributed by atoms with Gasteiger partial charge in [0.05, 0.1) is 0 Å². The van der Waals surface area contributed by atoms with Gasteiger partial charge in [-0.15, -0.1) is 0 Å². The van der Waals surface area contributed by atoms with E-state index in [0.29, 0.717) is 32.4 Å². The molecule has 0 aliphatic heterocycles. The average molecular weight is 304 g/mol. The zero-order valence-electron chi connectivity index (χ0n) is 12.5. The van der Waals surface area contributed by atoms with Crippen LogP contribution in [0.25, 0.3) is 0 Å². The fraction of sp³-hybridized carbons (Fsp3) is 0.846. The highest BCUT2D eigenvalue weighted by atomic mass is 16.4. The normalized spacial score (nSPS) is 18.5. The van der Waals surface area contributed by atoms with E-state index in [9.17, 15) is 19.8 Å². The number of aliphatic carboxylic acids is 2. The van der Waals surface area contributed by atoms with Gasteiger partial charge < -0.3 is 33.1 Å². The van der Waals surface area contributed by atoms with Crippen molar-refractivity contribution < 1.29 is 19.8 Å². The van der Waals surface area contributed by atoms with Gasteiger partial charge in [0, 0.05) is 0 Å². The van der Waals surface area contributed by atoms with Gasteiger partial charge in [-0.25, -0.2) is 0 Å². The Morgan fingerprint density at radius 1 is 1.00 bits per heavy atom. The quantitative estimate of drug-likeness (QED) is 0.264. The smallest absolute Gasteiger partial charge is 0.326 e. The summed E-state index contributed by atoms with van der Waals surface area (Å²) in [5, 5.41) is 18.8. The number of carboxylic acids is 2. The minimum atomic E-state index is -2.04. The number of hydrogen-bond acceptors (Lipinski definition) is 6. The van der Waals surface area contributed by atoms with E-state index in [1.807, 2.05) is 6.92 Å². The largest absolute Gasteiger partial charge is 0.480 e. The summed E-state index contributed by atoms with van der Waals surface area (Å²) in [6.07, 6.45) is 1.26. The van der Waals surface area contributed by atoms with Gasteiger partial charge in [-0.1, -0.05) is 6.92 Å². The molecule has 0 aromatic carbocycles. The summed E-state index contributed by atoms with van der Waals surface area (Å²) in [5.41, 5.74) is 18.6. The molecule has 21 heavy (non-hydrogen) atoms. The van der Waals surface area contributed by atoms with Crippen LogP contribution < -0.4 is 22.9 Å². The van der Waals surface area contributed by atoms with Crippen LogP contribution in [0, 0.1) is 5.92 Å². The zero-order valence-corrected chi connectivity index (χ0v) is 12.5. The van der Waals surface area contributed by atoms with Crippen LogP contribution in [0.3, 0.4) is 0 Å². The molecule has 0 fully saturated rings. The first-order chi connectivity index (χ1) is 9.65. The van der Waals surface area contributed by atoms with Crippen molar-refractivity contribution in [3.63, 3.8) is 0 Å². The fourth-order valence-corrected chi connectivity index (χ4v) is 2.18. The topological polar surface area (TPSA) is 179 Å². The van der Waals surface area contributed by atoms with Crippen LogP contribution >= 0.6 is 0 Å². The Morgan fingerprint density at radius 3 is 1.86 bits per heavy atom. The van der Waals surface area contributed by atoms with Crippen LogP contribution in [0.1, 0.15) is 39.0 Å². The van der Waals surface area contributed by atoms with Gasteiger partial charge in [-0.3, -0.25) is 9.59 Å². The highest BCUT2D eigenvalue weighted by Crippen LogP contribution is 2.30. The molecule has 0 amide bonds. The Morgan fingerprint density at radius 2 is 1.48 bits per heavy atom. The lowest BCUT2D eigenvalue weighted by molar-refractivity contribution is -0.158. The van der Waals surface area contributed by atoms with Crippen LogP contribution in [0.4, 0.5) is 0 Å². The van der Waals surface area contributed by atoms with E-state index in [1.54, 1.807) is 0 Å². The van der Waals surface area contributed by atoms with Crippen molar-refractivity contribution >= 4 is 11.9 Å². The zero-order chi connectivity index (χ0) is 16.7. The summed E-state index contributed by atoms with van der Waals surface area (Å²) in [5.74, 6) is -2.79. The first kappa shape index (κ1) is 19.8. The van der Waals surface area contributed by atoms with Gasteiger partial charge in [0.1, 0.15) is 11.1 Å². The van der Waals surface area contributed by atoms with Crippen LogP contribution in [-0.2, 0) is 9.59 Å². The highest BCUT2D eigenvalue weighted by Gasteiger charge is 2.56. The molecule has 8 nitrogen and oxygen atoms in total. The SMILES string of the molecule is CC(CN)CCC(N)(C(=O)O)C(N)(CCCCN)C(=O)O. The van der Waals surface area contributed by atoms with Crippen molar-refractivity contribution in [2.75, 3.05) is 13.1 Å². The Hall–Kier alpha value is -1.22. The van der Waals surface area contributed by atoms with Crippen molar-refractivity contribution in [1.82, 2.24) is 0 Å². The summed E-state index contributed by atoms with van der Waals surface area (Å²) in [4.78, 5) is 23.1. The summed E-state index contributed by atoms with van der Waals surface area (Å²) in [6, 6.07) is 0. The van der Waals surface area contributed by atoms with Gasteiger partial charge in [0.25, 0.3) is 0 Å². The molecular formula is C13H28N4O4. The summed E-state index contributed by atoms with van der Waals surface area (Å²) >= 11 is 0. The van der Waals surface area contributed by atoms with Crippen molar-refractivity contribution in [2.24, 2.45) is 28.9 Å². The second kappa shape index (κ2) is 8.28. The van der Waals surface area contributed by atoms with Gasteiger partial charge in [-0.2, -0.15) is 0 Å². The second-order valence-corrected chi connectivity index (χ2v) is 5.68. The maximum atomic E-state index is 11.6. The molecule has 124 valence electrons. The molecule has 0 aliphatic rings. The highest BCUT2D eigenvalue weighted by molar-refractivity contribution is 5.92. The number of nitrogens with two attached hydrogens (primary N) is 4. The van der Waals surface area contributed by atoms with Crippen LogP contribution in [0.2, 0.25) is 0 Å². The number of rotatable bonds is 11. The average Bonchev–Trinajstić information content (AvgIpc) is 2.43. The van der Waals surface area contributed by atoms with Crippen molar-refractivity contribution in [1.29, 1.82) is 0 Å². The number of carbonyl (C=O) groups is 2. The molecule has 0 rings (SSSR count). The van der Waals surface area contributed by atoms with E-state index >= 15 is 0 Å². The maximum Gasteiger partial charge on any atom is 0.326 e. The summed E-state index contributed by atoms with van der Waals surface area (Å²) in [7, 11) is 0. The van der Waals surface area contributed by atoms with Crippen molar-refractivity contribution in [2.45, 2.75) is 50.1 Å². The van der Waals surface area contributed by atoms with Gasteiger partial charge in [-0.05, 0) is 51.1 Å². The maximum absolute atomic E-state index is 11.6. The van der Waals surface area contributed by atoms with Crippen molar-refractivity contribution in [3.8, 4) is 0 Å². The molecule has 0 heterocycles. The summed E-state index contributed by atoms with van der Waals surface area (Å²) < 4.78 is 0. The number of carboxylic acid groups (broad SMARTS) is 2. The third-order valence-electron chi connectivity index (χ3n) is 4.02. The lowest BCUT2D eigenvalue weighted by atomic mass is 9.71. The molecule has 0 saturated carbocycles. The molecule has 3 unspecified atom stereocenters. The Balaban J connectivity index is 5.31. The van der Waals surface area contributed by atoms with Crippen LogP contribution in [0.15, 0.2) is 0 Å². The number of hydrogen-bond donors (Lipinski definition) is 6. The van der Waals surface area contributed by atoms with E-state index in [-0.39, 0.29) is 18.8 Å². The van der Waals surface area contributed by atoms with E-state index in [1.165, 1.54) is 0 Å². The molecule has 0 saturated heterocycles. The minimum Gasteiger partial charge on any atom is -0.480 e. The van der Waals surface area contributed by atoms with Crippen LogP contribution in [-0.4, -0.2) is 46.3 Å². The van der Waals surface area contributed by atoms with E-state index in [2.05, 4.69) is 0 Å². The third kappa shape index (κ3) is 4.63. The molecule has 0 radical (unpaired) electrons. The van der Waals surface area contributed by atoms with Gasteiger partial charge in [0.2, 0.25) is 0 Å². The first-order valence-corrected chi connectivity index (χ1v) is 7.10. The standard InChI is InChI=1S/C13H28N4O4/c1-9(8-15)4-6-13(17,11(20)21)12(16,10(18)19)5-2-3-7-14/h9H,2-8,14-17H2,1H3,(H,18,19)(H,20,21). The number of unbranched alkanes of at least 4 members (excludes halogenated alkanes) is 1. The third-order valence-corrected chi connectivity index (χ3v) is 4.02. The lowest BCUT2D eigenvalue weighted by Gasteiger charge is -2.40. The molecule has 3 atom stereocenters. The van der Waals surface area contributed by atoms with Crippen molar-refractivity contribution in [3.05, 3.63) is 0 Å². The Kier molecular flexibility index (Phi) is 7.80. The molecule has 0 spiro atoms. The predicted octanol–water partition coefficient (Wildman–Crippen LogP) is -0.945. The first-order valence-electron chi connectivity index (χ1n) is 7.10. The molecule has 0 bridgehead atoms. The Labute approximate surface area is 124 Å². The van der Waals surface area contributed by atoms with Gasteiger partial charge in [0.15, 0.2) is 0 Å². The molecule has 0 aromatic rings. The molecule has 10 N–H and O–H groups in total. The molecule has 0 aromatic heterocycles. The summed E-state index contributed by atoms with van der Waals surface area (Å²) in [6.45, 7) is 2.59. The van der Waals surface area contributed by atoms with E-state index in [0.717, 1.165) is 0 Å². The molecule has 8 heteroatoms. The van der Waals surface area contributed by atoms with Crippen LogP contribution in [0.5, 0.6) is 0 Å². The molecule has 0 aliphatic carbocycles. The van der Waals surface area contributed by atoms with E-state index in [4.69, 9.17) is 22.9 Å². The Bertz CT molecular complexity index is 366. The predicted molar refractivity (Wildman–Crippen MR) is 79.5 cm³/mol. The molecular weight excluding hydrogens is 276 g/mol.